The van der Waals surface area contributed by atoms with E-state index in [0.29, 0.717) is 41.6 Å². The van der Waals surface area contributed by atoms with E-state index in [1.807, 2.05) is 56.3 Å². The Hall–Kier alpha value is -4.37. The summed E-state index contributed by atoms with van der Waals surface area (Å²) >= 11 is 0. The average Bonchev–Trinajstić information content (AvgIpc) is 3.24. The molecule has 2 aromatic heterocycles. The summed E-state index contributed by atoms with van der Waals surface area (Å²) < 4.78 is 5.84. The van der Waals surface area contributed by atoms with Crippen molar-refractivity contribution in [2.75, 3.05) is 37.4 Å². The first-order valence-corrected chi connectivity index (χ1v) is 11.5. The molecule has 1 aliphatic rings. The third kappa shape index (κ3) is 5.47. The molecule has 184 valence electrons. The summed E-state index contributed by atoms with van der Waals surface area (Å²) in [5.41, 5.74) is 3.23. The number of carbonyl (C=O) groups is 1. The highest BCUT2D eigenvalue weighted by molar-refractivity contribution is 6.08. The van der Waals surface area contributed by atoms with Gasteiger partial charge >= 0.3 is 0 Å². The van der Waals surface area contributed by atoms with Gasteiger partial charge in [-0.25, -0.2) is 15.0 Å². The fraction of sp³-hybridized carbons (Fsp3) is 0.222. The first-order valence-electron chi connectivity index (χ1n) is 11.5. The van der Waals surface area contributed by atoms with Crippen molar-refractivity contribution >= 4 is 40.9 Å². The van der Waals surface area contributed by atoms with Crippen LogP contribution in [0, 0.1) is 6.92 Å². The highest BCUT2D eigenvalue weighted by atomic mass is 16.5. The zero-order valence-electron chi connectivity index (χ0n) is 20.7. The van der Waals surface area contributed by atoms with Gasteiger partial charge in [0.2, 0.25) is 0 Å². The second-order valence-corrected chi connectivity index (χ2v) is 8.61. The number of hydrogen-bond donors (Lipinski definition) is 1. The van der Waals surface area contributed by atoms with Crippen LogP contribution in [0.25, 0.3) is 10.9 Å². The molecule has 1 N–H and O–H groups in total. The van der Waals surface area contributed by atoms with Crippen molar-refractivity contribution in [2.45, 2.75) is 13.3 Å². The van der Waals surface area contributed by atoms with E-state index < -0.39 is 0 Å². The molecular weight excluding hydrogens is 454 g/mol. The molecule has 0 atom stereocenters. The van der Waals surface area contributed by atoms with Crippen LogP contribution in [0.3, 0.4) is 0 Å². The van der Waals surface area contributed by atoms with Crippen LogP contribution in [0.15, 0.2) is 78.0 Å². The van der Waals surface area contributed by atoms with Crippen LogP contribution in [0.4, 0.5) is 17.3 Å². The molecule has 3 aromatic rings. The van der Waals surface area contributed by atoms with E-state index in [1.165, 1.54) is 12.5 Å². The third-order valence-corrected chi connectivity index (χ3v) is 5.70. The number of aromatic nitrogens is 3. The number of likely N-dealkylation sites (N-methyl/N-ethyl adjacent to an activating group) is 1. The standard InChI is InChI=1S/C27H29N7O2/c1-6-21(15-28-3)36-24-8-7-20(13-18(24)2)32-26-22-14-25(29-16-23(22)30-17-31-26)34-12-10-19(27(34)35)9-11-33(4)5/h6-9,13-17H,1,3,10-12H2,2,4-5H3,(H,30,31,32)/b19-9+,21-15+. The van der Waals surface area contributed by atoms with Gasteiger partial charge in [0, 0.05) is 29.7 Å². The smallest absolute Gasteiger partial charge is 0.255 e. The molecule has 1 aliphatic heterocycles. The SMILES string of the molecule is C=C/C(=C\N=C)Oc1ccc(Nc2ncnc3cnc(N4CC/C(=C\CN(C)C)C4=O)cc23)cc1C. The van der Waals surface area contributed by atoms with Gasteiger partial charge in [-0.05, 0) is 70.1 Å². The third-order valence-electron chi connectivity index (χ3n) is 5.70. The van der Waals surface area contributed by atoms with Gasteiger partial charge in [0.1, 0.15) is 29.5 Å². The summed E-state index contributed by atoms with van der Waals surface area (Å²) in [7, 11) is 3.96. The van der Waals surface area contributed by atoms with Gasteiger partial charge in [0.15, 0.2) is 0 Å². The van der Waals surface area contributed by atoms with Crippen molar-refractivity contribution in [1.29, 1.82) is 0 Å². The Morgan fingerprint density at radius 1 is 1.28 bits per heavy atom. The van der Waals surface area contributed by atoms with Gasteiger partial charge < -0.3 is 15.0 Å². The average molecular weight is 484 g/mol. The maximum absolute atomic E-state index is 13.0. The molecule has 0 unspecified atom stereocenters. The summed E-state index contributed by atoms with van der Waals surface area (Å²) in [6.45, 7) is 10.4. The molecule has 1 saturated heterocycles. The molecule has 1 fully saturated rings. The van der Waals surface area contributed by atoms with E-state index >= 15 is 0 Å². The maximum Gasteiger partial charge on any atom is 0.255 e. The first-order chi connectivity index (χ1) is 17.4. The van der Waals surface area contributed by atoms with Crippen molar-refractivity contribution < 1.29 is 9.53 Å². The number of aliphatic imine (C=N–C) groups is 1. The van der Waals surface area contributed by atoms with Crippen LogP contribution in [0.2, 0.25) is 0 Å². The number of amides is 1. The van der Waals surface area contributed by atoms with Gasteiger partial charge in [0.25, 0.3) is 5.91 Å². The topological polar surface area (TPSA) is 95.8 Å². The number of fused-ring (bicyclic) bond motifs is 1. The normalized spacial score (nSPS) is 15.1. The van der Waals surface area contributed by atoms with Gasteiger partial charge in [-0.15, -0.1) is 0 Å². The van der Waals surface area contributed by atoms with Crippen molar-refractivity contribution in [3.63, 3.8) is 0 Å². The molecule has 1 aromatic carbocycles. The zero-order chi connectivity index (χ0) is 25.7. The van der Waals surface area contributed by atoms with Gasteiger partial charge in [-0.2, -0.15) is 0 Å². The van der Waals surface area contributed by atoms with Crippen molar-refractivity contribution in [2.24, 2.45) is 4.99 Å². The van der Waals surface area contributed by atoms with Gasteiger partial charge in [0.05, 0.1) is 17.9 Å². The van der Waals surface area contributed by atoms with Gasteiger partial charge in [-0.1, -0.05) is 12.7 Å². The van der Waals surface area contributed by atoms with Crippen LogP contribution in [0.1, 0.15) is 12.0 Å². The quantitative estimate of drug-likeness (QED) is 0.208. The van der Waals surface area contributed by atoms with E-state index in [0.717, 1.165) is 28.8 Å². The summed E-state index contributed by atoms with van der Waals surface area (Å²) in [6, 6.07) is 7.57. The molecule has 3 heterocycles. The number of hydrogen-bond acceptors (Lipinski definition) is 8. The molecule has 36 heavy (non-hydrogen) atoms. The number of allylic oxidation sites excluding steroid dienone is 1. The predicted molar refractivity (Wildman–Crippen MR) is 144 cm³/mol. The summed E-state index contributed by atoms with van der Waals surface area (Å²) in [5, 5.41) is 4.13. The fourth-order valence-electron chi connectivity index (χ4n) is 3.83. The number of rotatable bonds is 9. The van der Waals surface area contributed by atoms with E-state index in [-0.39, 0.29) is 5.91 Å². The van der Waals surface area contributed by atoms with Crippen molar-refractivity contribution in [3.05, 3.63) is 78.6 Å². The number of carbonyl (C=O) groups excluding carboxylic acids is 1. The van der Waals surface area contributed by atoms with E-state index in [1.54, 1.807) is 17.2 Å². The lowest BCUT2D eigenvalue weighted by atomic mass is 10.2. The monoisotopic (exact) mass is 483 g/mol. The molecule has 1 amide bonds. The first kappa shape index (κ1) is 24.7. The van der Waals surface area contributed by atoms with Crippen LogP contribution in [-0.4, -0.2) is 59.7 Å². The van der Waals surface area contributed by atoms with Crippen LogP contribution in [-0.2, 0) is 4.79 Å². The number of benzene rings is 1. The Morgan fingerprint density at radius 3 is 2.83 bits per heavy atom. The molecule has 0 bridgehead atoms. The highest BCUT2D eigenvalue weighted by Gasteiger charge is 2.28. The minimum Gasteiger partial charge on any atom is -0.455 e. The van der Waals surface area contributed by atoms with E-state index in [9.17, 15) is 4.79 Å². The molecule has 0 radical (unpaired) electrons. The number of aryl methyl sites for hydroxylation is 1. The van der Waals surface area contributed by atoms with E-state index in [4.69, 9.17) is 4.74 Å². The Kier molecular flexibility index (Phi) is 7.50. The maximum atomic E-state index is 13.0. The molecule has 0 aliphatic carbocycles. The molecule has 9 heteroatoms. The Morgan fingerprint density at radius 2 is 2.11 bits per heavy atom. The number of ether oxygens (including phenoxy) is 1. The van der Waals surface area contributed by atoms with Crippen LogP contribution >= 0.6 is 0 Å². The van der Waals surface area contributed by atoms with Crippen molar-refractivity contribution in [3.8, 4) is 5.75 Å². The second kappa shape index (κ2) is 10.9. The number of nitrogens with one attached hydrogen (secondary N) is 1. The van der Waals surface area contributed by atoms with Crippen LogP contribution < -0.4 is 15.0 Å². The van der Waals surface area contributed by atoms with E-state index in [2.05, 4.69) is 38.6 Å². The zero-order valence-corrected chi connectivity index (χ0v) is 20.7. The summed E-state index contributed by atoms with van der Waals surface area (Å²) in [4.78, 5) is 33.7. The molecule has 0 saturated carbocycles. The lowest BCUT2D eigenvalue weighted by Gasteiger charge is -2.16. The number of nitrogens with zero attached hydrogens (tertiary/aromatic N) is 6. The number of anilines is 3. The lowest BCUT2D eigenvalue weighted by Crippen LogP contribution is -2.25. The highest BCUT2D eigenvalue weighted by Crippen LogP contribution is 2.30. The molecular formula is C27H29N7O2. The van der Waals surface area contributed by atoms with Crippen LogP contribution in [0.5, 0.6) is 5.75 Å². The Balaban J connectivity index is 1.59. The van der Waals surface area contributed by atoms with Gasteiger partial charge in [-0.3, -0.25) is 14.7 Å². The minimum absolute atomic E-state index is 0.0131. The minimum atomic E-state index is -0.0131. The molecule has 0 spiro atoms. The van der Waals surface area contributed by atoms with Crippen molar-refractivity contribution in [1.82, 2.24) is 19.9 Å². The Labute approximate surface area is 210 Å². The largest absolute Gasteiger partial charge is 0.455 e. The lowest BCUT2D eigenvalue weighted by molar-refractivity contribution is -0.114. The second-order valence-electron chi connectivity index (χ2n) is 8.61. The fourth-order valence-corrected chi connectivity index (χ4v) is 3.83. The summed E-state index contributed by atoms with van der Waals surface area (Å²) in [6.07, 6.45) is 8.92. The summed E-state index contributed by atoms with van der Waals surface area (Å²) in [5.74, 6) is 2.38. The predicted octanol–water partition coefficient (Wildman–Crippen LogP) is 4.41. The Bertz CT molecular complexity index is 1380. The molecule has 9 nitrogen and oxygen atoms in total. The number of pyridine rings is 1. The molecule has 4 rings (SSSR count).